The standard InChI is InChI=1S/C12H14ClIO/c13-11-5-3-10(4-6-11)12(7-14)15-8-9-1-2-9/h3-6,9,12H,1-2,7-8H2. The van der Waals surface area contributed by atoms with Crippen LogP contribution in [-0.4, -0.2) is 11.0 Å². The molecule has 0 spiro atoms. The van der Waals surface area contributed by atoms with Gasteiger partial charge in [0.1, 0.15) is 0 Å². The number of hydrogen-bond donors (Lipinski definition) is 0. The molecule has 0 N–H and O–H groups in total. The summed E-state index contributed by atoms with van der Waals surface area (Å²) in [5.41, 5.74) is 1.23. The van der Waals surface area contributed by atoms with E-state index < -0.39 is 0 Å². The molecule has 1 aliphatic rings. The average Bonchev–Trinajstić information content (AvgIpc) is 3.05. The molecular formula is C12H14ClIO. The quantitative estimate of drug-likeness (QED) is 0.577. The first-order valence-corrected chi connectivity index (χ1v) is 7.13. The Labute approximate surface area is 109 Å². The number of halogens is 2. The van der Waals surface area contributed by atoms with Crippen LogP contribution in [0.15, 0.2) is 24.3 Å². The summed E-state index contributed by atoms with van der Waals surface area (Å²) in [6.07, 6.45) is 2.91. The molecule has 1 aromatic carbocycles. The van der Waals surface area contributed by atoms with Gasteiger partial charge in [-0.15, -0.1) is 0 Å². The van der Waals surface area contributed by atoms with Crippen LogP contribution in [0.4, 0.5) is 0 Å². The first-order chi connectivity index (χ1) is 7.29. The first-order valence-electron chi connectivity index (χ1n) is 5.22. The summed E-state index contributed by atoms with van der Waals surface area (Å²) >= 11 is 8.23. The maximum absolute atomic E-state index is 5.89. The Bertz CT molecular complexity index is 308. The topological polar surface area (TPSA) is 9.23 Å². The van der Waals surface area contributed by atoms with E-state index in [1.165, 1.54) is 18.4 Å². The molecule has 15 heavy (non-hydrogen) atoms. The van der Waals surface area contributed by atoms with Gasteiger partial charge < -0.3 is 4.74 Å². The molecule has 82 valence electrons. The van der Waals surface area contributed by atoms with Crippen LogP contribution in [-0.2, 0) is 4.74 Å². The number of ether oxygens (including phenoxy) is 1. The lowest BCUT2D eigenvalue weighted by atomic mass is 10.1. The third kappa shape index (κ3) is 3.61. The van der Waals surface area contributed by atoms with Crippen molar-refractivity contribution in [3.8, 4) is 0 Å². The van der Waals surface area contributed by atoms with E-state index in [2.05, 4.69) is 34.7 Å². The van der Waals surface area contributed by atoms with Gasteiger partial charge >= 0.3 is 0 Å². The first kappa shape index (κ1) is 11.7. The van der Waals surface area contributed by atoms with Gasteiger partial charge in [0.2, 0.25) is 0 Å². The molecule has 1 saturated carbocycles. The molecule has 1 aliphatic carbocycles. The van der Waals surface area contributed by atoms with E-state index in [0.29, 0.717) is 0 Å². The van der Waals surface area contributed by atoms with E-state index in [1.807, 2.05) is 12.1 Å². The Kier molecular flexibility index (Phi) is 4.29. The fourth-order valence-corrected chi connectivity index (χ4v) is 2.33. The Balaban J connectivity index is 1.94. The summed E-state index contributed by atoms with van der Waals surface area (Å²) in [5, 5.41) is 0.785. The highest BCUT2D eigenvalue weighted by atomic mass is 127. The van der Waals surface area contributed by atoms with E-state index in [1.54, 1.807) is 0 Å². The van der Waals surface area contributed by atoms with Crippen molar-refractivity contribution >= 4 is 34.2 Å². The van der Waals surface area contributed by atoms with Gasteiger partial charge in [-0.05, 0) is 36.5 Å². The van der Waals surface area contributed by atoms with E-state index in [-0.39, 0.29) is 6.10 Å². The Hall–Kier alpha value is 0.200. The zero-order valence-electron chi connectivity index (χ0n) is 8.46. The Morgan fingerprint density at radius 1 is 1.33 bits per heavy atom. The van der Waals surface area contributed by atoms with Crippen LogP contribution in [0.25, 0.3) is 0 Å². The molecule has 0 radical (unpaired) electrons. The predicted octanol–water partition coefficient (Wildman–Crippen LogP) is 4.24. The molecule has 1 fully saturated rings. The van der Waals surface area contributed by atoms with Crippen molar-refractivity contribution in [2.45, 2.75) is 18.9 Å². The smallest absolute Gasteiger partial charge is 0.0914 e. The summed E-state index contributed by atoms with van der Waals surface area (Å²) in [6, 6.07) is 7.96. The number of alkyl halides is 1. The van der Waals surface area contributed by atoms with Gasteiger partial charge in [0.05, 0.1) is 12.7 Å². The van der Waals surface area contributed by atoms with Gasteiger partial charge in [0.25, 0.3) is 0 Å². The van der Waals surface area contributed by atoms with Crippen LogP contribution in [0, 0.1) is 5.92 Å². The average molecular weight is 337 g/mol. The van der Waals surface area contributed by atoms with Crippen LogP contribution in [0.5, 0.6) is 0 Å². The molecular weight excluding hydrogens is 322 g/mol. The molecule has 0 aromatic heterocycles. The predicted molar refractivity (Wildman–Crippen MR) is 71.8 cm³/mol. The monoisotopic (exact) mass is 336 g/mol. The molecule has 1 aromatic rings. The van der Waals surface area contributed by atoms with Crippen molar-refractivity contribution in [1.29, 1.82) is 0 Å². The summed E-state index contributed by atoms with van der Waals surface area (Å²) in [5.74, 6) is 0.822. The van der Waals surface area contributed by atoms with Crippen molar-refractivity contribution < 1.29 is 4.74 Å². The summed E-state index contributed by atoms with van der Waals surface area (Å²) in [4.78, 5) is 0. The molecule has 0 saturated heterocycles. The maximum Gasteiger partial charge on any atom is 0.0914 e. The van der Waals surface area contributed by atoms with Gasteiger partial charge in [-0.3, -0.25) is 0 Å². The van der Waals surface area contributed by atoms with Gasteiger partial charge in [-0.25, -0.2) is 0 Å². The molecule has 0 aliphatic heterocycles. The molecule has 0 heterocycles. The highest BCUT2D eigenvalue weighted by Crippen LogP contribution is 2.31. The Morgan fingerprint density at radius 3 is 2.53 bits per heavy atom. The van der Waals surface area contributed by atoms with Crippen LogP contribution in [0.2, 0.25) is 5.02 Å². The van der Waals surface area contributed by atoms with Crippen LogP contribution in [0.3, 0.4) is 0 Å². The lowest BCUT2D eigenvalue weighted by molar-refractivity contribution is 0.0630. The lowest BCUT2D eigenvalue weighted by Gasteiger charge is -2.15. The fourth-order valence-electron chi connectivity index (χ4n) is 1.44. The van der Waals surface area contributed by atoms with Crippen molar-refractivity contribution in [2.75, 3.05) is 11.0 Å². The second-order valence-electron chi connectivity index (χ2n) is 3.97. The van der Waals surface area contributed by atoms with Gasteiger partial charge in [-0.1, -0.05) is 46.3 Å². The summed E-state index contributed by atoms with van der Waals surface area (Å²) in [7, 11) is 0. The van der Waals surface area contributed by atoms with E-state index in [4.69, 9.17) is 16.3 Å². The van der Waals surface area contributed by atoms with Gasteiger partial charge in [0.15, 0.2) is 0 Å². The van der Waals surface area contributed by atoms with E-state index in [0.717, 1.165) is 22.0 Å². The normalized spacial score (nSPS) is 17.7. The molecule has 1 nitrogen and oxygen atoms in total. The Morgan fingerprint density at radius 2 is 2.00 bits per heavy atom. The minimum Gasteiger partial charge on any atom is -0.372 e. The van der Waals surface area contributed by atoms with Gasteiger partial charge in [0, 0.05) is 9.45 Å². The zero-order valence-corrected chi connectivity index (χ0v) is 11.4. The second-order valence-corrected chi connectivity index (χ2v) is 5.29. The fraction of sp³-hybridized carbons (Fsp3) is 0.500. The van der Waals surface area contributed by atoms with Crippen molar-refractivity contribution in [3.63, 3.8) is 0 Å². The van der Waals surface area contributed by atoms with Crippen molar-refractivity contribution in [2.24, 2.45) is 5.92 Å². The van der Waals surface area contributed by atoms with Crippen molar-refractivity contribution in [1.82, 2.24) is 0 Å². The molecule has 0 amide bonds. The second kappa shape index (κ2) is 5.51. The highest BCUT2D eigenvalue weighted by Gasteiger charge is 2.23. The van der Waals surface area contributed by atoms with E-state index in [9.17, 15) is 0 Å². The molecule has 3 heteroatoms. The SMILES string of the molecule is Clc1ccc(C(CI)OCC2CC2)cc1. The minimum atomic E-state index is 0.225. The van der Waals surface area contributed by atoms with Gasteiger partial charge in [-0.2, -0.15) is 0 Å². The summed E-state index contributed by atoms with van der Waals surface area (Å²) < 4.78 is 6.88. The van der Waals surface area contributed by atoms with Crippen LogP contribution < -0.4 is 0 Å². The maximum atomic E-state index is 5.89. The minimum absolute atomic E-state index is 0.225. The highest BCUT2D eigenvalue weighted by molar-refractivity contribution is 14.1. The largest absolute Gasteiger partial charge is 0.372 e. The van der Waals surface area contributed by atoms with Crippen LogP contribution in [0.1, 0.15) is 24.5 Å². The number of hydrogen-bond acceptors (Lipinski definition) is 1. The van der Waals surface area contributed by atoms with E-state index >= 15 is 0 Å². The third-order valence-electron chi connectivity index (χ3n) is 2.61. The third-order valence-corrected chi connectivity index (χ3v) is 3.66. The molecule has 0 bridgehead atoms. The van der Waals surface area contributed by atoms with Crippen molar-refractivity contribution in [3.05, 3.63) is 34.9 Å². The van der Waals surface area contributed by atoms with Crippen LogP contribution >= 0.6 is 34.2 Å². The lowest BCUT2D eigenvalue weighted by Crippen LogP contribution is -2.07. The summed E-state index contributed by atoms with van der Waals surface area (Å²) in [6.45, 7) is 0.913. The number of benzene rings is 1. The zero-order chi connectivity index (χ0) is 10.7. The molecule has 1 unspecified atom stereocenters. The molecule has 1 atom stereocenters. The number of rotatable bonds is 5. The molecule has 2 rings (SSSR count).